The van der Waals surface area contributed by atoms with Crippen LogP contribution in [0, 0.1) is 0 Å². The van der Waals surface area contributed by atoms with Gasteiger partial charge in [0.2, 0.25) is 11.1 Å². The lowest BCUT2D eigenvalue weighted by atomic mass is 10.3. The molecule has 4 rings (SSSR count). The van der Waals surface area contributed by atoms with Crippen molar-refractivity contribution in [1.82, 2.24) is 15.6 Å². The van der Waals surface area contributed by atoms with Gasteiger partial charge in [0, 0.05) is 0 Å². The van der Waals surface area contributed by atoms with Gasteiger partial charge in [0.1, 0.15) is 11.2 Å². The number of thiazole rings is 1. The molecular formula is C16H16N4O4S. The van der Waals surface area contributed by atoms with Crippen LogP contribution in [0.5, 0.6) is 0 Å². The molecule has 130 valence electrons. The largest absolute Gasteiger partial charge is 0.380 e. The van der Waals surface area contributed by atoms with E-state index >= 15 is 0 Å². The number of hydrogen-bond acceptors (Lipinski definition) is 7. The molecule has 0 saturated heterocycles. The lowest BCUT2D eigenvalue weighted by Gasteiger charge is -2.14. The second-order valence-corrected chi connectivity index (χ2v) is 7.41. The Bertz CT molecular complexity index is 831. The third kappa shape index (κ3) is 3.26. The quantitative estimate of drug-likeness (QED) is 0.470. The van der Waals surface area contributed by atoms with Crippen LogP contribution >= 0.6 is 11.3 Å². The normalized spacial score (nSPS) is 19.1. The zero-order chi connectivity index (χ0) is 17.7. The van der Waals surface area contributed by atoms with Crippen LogP contribution in [0.4, 0.5) is 5.13 Å². The van der Waals surface area contributed by atoms with Gasteiger partial charge in [-0.15, -0.1) is 0 Å². The van der Waals surface area contributed by atoms with Crippen molar-refractivity contribution in [3.05, 3.63) is 24.3 Å². The minimum Gasteiger partial charge on any atom is -0.380 e. The summed E-state index contributed by atoms with van der Waals surface area (Å²) in [7, 11) is 0. The summed E-state index contributed by atoms with van der Waals surface area (Å²) in [6.45, 7) is 0. The molecule has 2 saturated carbocycles. The molecule has 2 fully saturated rings. The van der Waals surface area contributed by atoms with Crippen LogP contribution in [0.15, 0.2) is 29.3 Å². The van der Waals surface area contributed by atoms with E-state index in [1.54, 1.807) is 0 Å². The Balaban J connectivity index is 1.60. The molecule has 0 radical (unpaired) electrons. The SMILES string of the molecule is O=C(NC(=Nc1nc2ccccc2s1)NC(=O)C1(O)CC1)C1(O)CC1. The monoisotopic (exact) mass is 360 g/mol. The third-order valence-electron chi connectivity index (χ3n) is 4.25. The van der Waals surface area contributed by atoms with Crippen LogP contribution in [0.3, 0.4) is 0 Å². The highest BCUT2D eigenvalue weighted by Gasteiger charge is 2.50. The van der Waals surface area contributed by atoms with Crippen LogP contribution in [0.1, 0.15) is 25.7 Å². The number of fused-ring (bicyclic) bond motifs is 1. The molecule has 2 aliphatic rings. The number of aliphatic hydroxyl groups is 2. The Morgan fingerprint density at radius 3 is 2.12 bits per heavy atom. The van der Waals surface area contributed by atoms with Crippen molar-refractivity contribution >= 4 is 44.5 Å². The van der Waals surface area contributed by atoms with Crippen LogP contribution in [0.25, 0.3) is 10.2 Å². The molecule has 0 bridgehead atoms. The van der Waals surface area contributed by atoms with Gasteiger partial charge in [-0.3, -0.25) is 20.2 Å². The topological polar surface area (TPSA) is 124 Å². The van der Waals surface area contributed by atoms with Crippen LogP contribution in [0.2, 0.25) is 0 Å². The molecule has 8 nitrogen and oxygen atoms in total. The van der Waals surface area contributed by atoms with Crippen LogP contribution < -0.4 is 10.6 Å². The van der Waals surface area contributed by atoms with Crippen molar-refractivity contribution in [2.24, 2.45) is 4.99 Å². The van der Waals surface area contributed by atoms with E-state index in [1.165, 1.54) is 11.3 Å². The number of aromatic nitrogens is 1. The predicted octanol–water partition coefficient (Wildman–Crippen LogP) is 0.566. The van der Waals surface area contributed by atoms with Crippen molar-refractivity contribution in [3.63, 3.8) is 0 Å². The molecule has 2 aromatic rings. The van der Waals surface area contributed by atoms with E-state index in [0.29, 0.717) is 30.8 Å². The number of amides is 2. The van der Waals surface area contributed by atoms with E-state index in [9.17, 15) is 19.8 Å². The Morgan fingerprint density at radius 1 is 1.04 bits per heavy atom. The van der Waals surface area contributed by atoms with Gasteiger partial charge in [0.15, 0.2) is 0 Å². The highest BCUT2D eigenvalue weighted by molar-refractivity contribution is 7.22. The summed E-state index contributed by atoms with van der Waals surface area (Å²) in [5.74, 6) is -1.40. The van der Waals surface area contributed by atoms with Gasteiger partial charge in [-0.2, -0.15) is 4.99 Å². The zero-order valence-electron chi connectivity index (χ0n) is 13.2. The average molecular weight is 360 g/mol. The maximum atomic E-state index is 12.1. The summed E-state index contributed by atoms with van der Waals surface area (Å²) in [4.78, 5) is 32.7. The van der Waals surface area contributed by atoms with E-state index in [2.05, 4.69) is 20.6 Å². The lowest BCUT2D eigenvalue weighted by molar-refractivity contribution is -0.130. The Labute approximate surface area is 146 Å². The number of rotatable bonds is 3. The van der Waals surface area contributed by atoms with E-state index in [1.807, 2.05) is 24.3 Å². The average Bonchev–Trinajstić information content (AvgIpc) is 3.46. The molecule has 0 spiro atoms. The molecule has 25 heavy (non-hydrogen) atoms. The second kappa shape index (κ2) is 5.58. The third-order valence-corrected chi connectivity index (χ3v) is 5.18. The number of nitrogens with zero attached hydrogens (tertiary/aromatic N) is 2. The number of carbonyl (C=O) groups is 2. The van der Waals surface area contributed by atoms with E-state index in [0.717, 1.165) is 10.2 Å². The predicted molar refractivity (Wildman–Crippen MR) is 91.4 cm³/mol. The van der Waals surface area contributed by atoms with Gasteiger partial charge in [-0.1, -0.05) is 23.5 Å². The molecular weight excluding hydrogens is 344 g/mol. The van der Waals surface area contributed by atoms with Crippen molar-refractivity contribution in [2.75, 3.05) is 0 Å². The molecule has 1 heterocycles. The molecule has 4 N–H and O–H groups in total. The Kier molecular flexibility index (Phi) is 3.60. The first-order valence-corrected chi connectivity index (χ1v) is 8.72. The number of carbonyl (C=O) groups excluding carboxylic acids is 2. The maximum Gasteiger partial charge on any atom is 0.258 e. The molecule has 1 aromatic heterocycles. The van der Waals surface area contributed by atoms with E-state index < -0.39 is 23.0 Å². The Hall–Kier alpha value is -2.36. The summed E-state index contributed by atoms with van der Waals surface area (Å²) in [6.07, 6.45) is 1.46. The van der Waals surface area contributed by atoms with Crippen molar-refractivity contribution in [1.29, 1.82) is 0 Å². The number of benzene rings is 1. The highest BCUT2D eigenvalue weighted by atomic mass is 32.1. The summed E-state index contributed by atoms with van der Waals surface area (Å²) in [5.41, 5.74) is -2.06. The first-order valence-electron chi connectivity index (χ1n) is 7.90. The summed E-state index contributed by atoms with van der Waals surface area (Å²) in [5, 5.41) is 25.0. The molecule has 0 unspecified atom stereocenters. The summed E-state index contributed by atoms with van der Waals surface area (Å²) < 4.78 is 0.917. The standard InChI is InChI=1S/C16H16N4O4S/c21-11(15(23)5-6-15)18-13(19-12(22)16(24)7-8-16)20-14-17-9-3-1-2-4-10(9)25-14/h1-4,23-24H,5-8H2,(H2,17,18,19,20,21,22). The van der Waals surface area contributed by atoms with Crippen molar-refractivity contribution < 1.29 is 19.8 Å². The van der Waals surface area contributed by atoms with E-state index in [4.69, 9.17) is 0 Å². The van der Waals surface area contributed by atoms with Crippen LogP contribution in [-0.4, -0.2) is 44.2 Å². The minimum absolute atomic E-state index is 0.144. The molecule has 2 amide bonds. The van der Waals surface area contributed by atoms with Gasteiger partial charge in [0.05, 0.1) is 10.2 Å². The highest BCUT2D eigenvalue weighted by Crippen LogP contribution is 2.36. The zero-order valence-corrected chi connectivity index (χ0v) is 14.0. The lowest BCUT2D eigenvalue weighted by Crippen LogP contribution is -2.51. The Morgan fingerprint density at radius 2 is 1.60 bits per heavy atom. The van der Waals surface area contributed by atoms with Gasteiger partial charge < -0.3 is 10.2 Å². The van der Waals surface area contributed by atoms with Gasteiger partial charge >= 0.3 is 0 Å². The molecule has 2 aliphatic carbocycles. The number of aliphatic imine (C=N–C) groups is 1. The molecule has 9 heteroatoms. The fraction of sp³-hybridized carbons (Fsp3) is 0.375. The molecule has 1 aromatic carbocycles. The fourth-order valence-electron chi connectivity index (χ4n) is 2.23. The number of hydrogen-bond donors (Lipinski definition) is 4. The minimum atomic E-state index is -1.41. The first kappa shape index (κ1) is 16.1. The van der Waals surface area contributed by atoms with Gasteiger partial charge in [-0.25, -0.2) is 4.98 Å². The van der Waals surface area contributed by atoms with Gasteiger partial charge in [-0.05, 0) is 37.8 Å². The van der Waals surface area contributed by atoms with Crippen molar-refractivity contribution in [3.8, 4) is 0 Å². The number of nitrogens with one attached hydrogen (secondary N) is 2. The van der Waals surface area contributed by atoms with E-state index in [-0.39, 0.29) is 5.96 Å². The number of guanidine groups is 1. The molecule has 0 atom stereocenters. The maximum absolute atomic E-state index is 12.1. The fourth-order valence-corrected chi connectivity index (χ4v) is 3.07. The first-order chi connectivity index (χ1) is 11.9. The summed E-state index contributed by atoms with van der Waals surface area (Å²) in [6, 6.07) is 7.46. The van der Waals surface area contributed by atoms with Crippen LogP contribution in [-0.2, 0) is 9.59 Å². The smallest absolute Gasteiger partial charge is 0.258 e. The number of para-hydroxylation sites is 1. The second-order valence-electron chi connectivity index (χ2n) is 6.40. The van der Waals surface area contributed by atoms with Crippen molar-refractivity contribution in [2.45, 2.75) is 36.9 Å². The molecule has 0 aliphatic heterocycles. The summed E-state index contributed by atoms with van der Waals surface area (Å²) >= 11 is 1.30. The van der Waals surface area contributed by atoms with Gasteiger partial charge in [0.25, 0.3) is 11.8 Å².